The second-order valence-electron chi connectivity index (χ2n) is 9.34. The van der Waals surface area contributed by atoms with Crippen LogP contribution in [0.15, 0.2) is 78.9 Å². The van der Waals surface area contributed by atoms with E-state index in [1.165, 1.54) is 0 Å². The quantitative estimate of drug-likeness (QED) is 0.598. The molecule has 0 saturated carbocycles. The highest BCUT2D eigenvalue weighted by Gasteiger charge is 2.36. The smallest absolute Gasteiger partial charge is 0.256 e. The van der Waals surface area contributed by atoms with Crippen LogP contribution >= 0.6 is 0 Å². The van der Waals surface area contributed by atoms with E-state index in [0.717, 1.165) is 30.0 Å². The molecule has 2 fully saturated rings. The summed E-state index contributed by atoms with van der Waals surface area (Å²) in [5, 5.41) is 2.94. The first kappa shape index (κ1) is 23.6. The second kappa shape index (κ2) is 10.2. The Morgan fingerprint density at radius 1 is 0.833 bits per heavy atom. The van der Waals surface area contributed by atoms with Crippen LogP contribution in [0.4, 0.5) is 17.1 Å². The van der Waals surface area contributed by atoms with Crippen molar-refractivity contribution in [1.29, 1.82) is 0 Å². The third kappa shape index (κ3) is 4.82. The van der Waals surface area contributed by atoms with Crippen LogP contribution < -0.4 is 15.1 Å². The van der Waals surface area contributed by atoms with Crippen molar-refractivity contribution >= 4 is 34.8 Å². The van der Waals surface area contributed by atoms with E-state index in [9.17, 15) is 14.4 Å². The van der Waals surface area contributed by atoms with Crippen molar-refractivity contribution in [1.82, 2.24) is 4.90 Å². The van der Waals surface area contributed by atoms with Gasteiger partial charge in [0, 0.05) is 50.5 Å². The Labute approximate surface area is 211 Å². The summed E-state index contributed by atoms with van der Waals surface area (Å²) >= 11 is 0. The number of hydrogen-bond donors (Lipinski definition) is 1. The summed E-state index contributed by atoms with van der Waals surface area (Å²) in [6.07, 6.45) is 0.151. The minimum Gasteiger partial charge on any atom is -0.368 e. The molecule has 2 saturated heterocycles. The molecule has 0 bridgehead atoms. The first-order chi connectivity index (χ1) is 17.5. The Morgan fingerprint density at radius 3 is 2.25 bits per heavy atom. The van der Waals surface area contributed by atoms with Crippen LogP contribution in [0, 0.1) is 12.8 Å². The molecule has 184 valence electrons. The number of piperazine rings is 1. The maximum Gasteiger partial charge on any atom is 0.256 e. The highest BCUT2D eigenvalue weighted by molar-refractivity contribution is 6.07. The standard InChI is InChI=1S/C29H30N4O3/c1-21-9-5-8-14-26(21)33-20-22(19-27(33)34)28(35)30-25-13-7-6-12-24(25)29(36)32-17-15-31(16-18-32)23-10-3-2-4-11-23/h2-14,22H,15-20H2,1H3,(H,30,35)/t22-/m1/s1. The third-order valence-electron chi connectivity index (χ3n) is 7.01. The van der Waals surface area contributed by atoms with Crippen LogP contribution in [0.2, 0.25) is 0 Å². The molecule has 0 spiro atoms. The third-order valence-corrected chi connectivity index (χ3v) is 7.01. The van der Waals surface area contributed by atoms with Crippen molar-refractivity contribution in [2.24, 2.45) is 5.92 Å². The van der Waals surface area contributed by atoms with Crippen LogP contribution in [0.25, 0.3) is 0 Å². The maximum atomic E-state index is 13.4. The molecule has 0 unspecified atom stereocenters. The molecule has 3 aromatic rings. The average Bonchev–Trinajstić information content (AvgIpc) is 3.31. The van der Waals surface area contributed by atoms with Gasteiger partial charge in [-0.3, -0.25) is 14.4 Å². The normalized spacial score (nSPS) is 17.9. The largest absolute Gasteiger partial charge is 0.368 e. The molecule has 36 heavy (non-hydrogen) atoms. The first-order valence-corrected chi connectivity index (χ1v) is 12.4. The zero-order chi connectivity index (χ0) is 25.1. The molecule has 0 aromatic heterocycles. The van der Waals surface area contributed by atoms with Gasteiger partial charge in [-0.1, -0.05) is 48.5 Å². The summed E-state index contributed by atoms with van der Waals surface area (Å²) in [5.41, 5.74) is 3.94. The topological polar surface area (TPSA) is 73.0 Å². The highest BCUT2D eigenvalue weighted by atomic mass is 16.2. The Morgan fingerprint density at radius 2 is 1.50 bits per heavy atom. The molecule has 2 aliphatic rings. The fourth-order valence-corrected chi connectivity index (χ4v) is 4.97. The fourth-order valence-electron chi connectivity index (χ4n) is 4.97. The number of amides is 3. The number of nitrogens with zero attached hydrogens (tertiary/aromatic N) is 3. The molecular weight excluding hydrogens is 452 g/mol. The van der Waals surface area contributed by atoms with Crippen molar-refractivity contribution < 1.29 is 14.4 Å². The Kier molecular flexibility index (Phi) is 6.71. The van der Waals surface area contributed by atoms with Crippen molar-refractivity contribution in [3.63, 3.8) is 0 Å². The minimum atomic E-state index is -0.477. The van der Waals surface area contributed by atoms with Crippen LogP contribution in [0.5, 0.6) is 0 Å². The zero-order valence-electron chi connectivity index (χ0n) is 20.4. The van der Waals surface area contributed by atoms with Crippen molar-refractivity contribution in [3.8, 4) is 0 Å². The lowest BCUT2D eigenvalue weighted by Gasteiger charge is -2.36. The van der Waals surface area contributed by atoms with Crippen molar-refractivity contribution in [2.45, 2.75) is 13.3 Å². The van der Waals surface area contributed by atoms with E-state index in [-0.39, 0.29) is 24.1 Å². The lowest BCUT2D eigenvalue weighted by molar-refractivity contribution is -0.122. The van der Waals surface area contributed by atoms with E-state index >= 15 is 0 Å². The van der Waals surface area contributed by atoms with Crippen LogP contribution in [-0.2, 0) is 9.59 Å². The lowest BCUT2D eigenvalue weighted by Crippen LogP contribution is -2.49. The van der Waals surface area contributed by atoms with Gasteiger partial charge < -0.3 is 20.0 Å². The van der Waals surface area contributed by atoms with E-state index in [0.29, 0.717) is 30.9 Å². The number of anilines is 3. The molecule has 7 nitrogen and oxygen atoms in total. The predicted octanol–water partition coefficient (Wildman–Crippen LogP) is 3.95. The number of carbonyl (C=O) groups excluding carboxylic acids is 3. The Balaban J connectivity index is 1.24. The van der Waals surface area contributed by atoms with E-state index in [4.69, 9.17) is 0 Å². The van der Waals surface area contributed by atoms with Gasteiger partial charge in [-0.15, -0.1) is 0 Å². The van der Waals surface area contributed by atoms with Crippen molar-refractivity contribution in [3.05, 3.63) is 90.0 Å². The van der Waals surface area contributed by atoms with Gasteiger partial charge in [-0.2, -0.15) is 0 Å². The Bertz CT molecular complexity index is 1270. The molecule has 1 atom stereocenters. The summed E-state index contributed by atoms with van der Waals surface area (Å²) in [4.78, 5) is 45.0. The minimum absolute atomic E-state index is 0.0647. The van der Waals surface area contributed by atoms with Crippen LogP contribution in [-0.4, -0.2) is 55.3 Å². The number of hydrogen-bond acceptors (Lipinski definition) is 4. The van der Waals surface area contributed by atoms with Gasteiger partial charge in [-0.25, -0.2) is 0 Å². The molecule has 3 aromatic carbocycles. The molecule has 2 aliphatic heterocycles. The summed E-state index contributed by atoms with van der Waals surface area (Å²) in [6.45, 7) is 5.01. The SMILES string of the molecule is Cc1ccccc1N1C[C@H](C(=O)Nc2ccccc2C(=O)N2CCN(c3ccccc3)CC2)CC1=O. The predicted molar refractivity (Wildman–Crippen MR) is 141 cm³/mol. The summed E-state index contributed by atoms with van der Waals surface area (Å²) in [5.74, 6) is -0.879. The number of nitrogens with one attached hydrogen (secondary N) is 1. The van der Waals surface area contributed by atoms with Gasteiger partial charge in [0.1, 0.15) is 0 Å². The number of para-hydroxylation sites is 3. The van der Waals surface area contributed by atoms with Crippen LogP contribution in [0.3, 0.4) is 0 Å². The van der Waals surface area contributed by atoms with E-state index in [2.05, 4.69) is 22.3 Å². The number of aryl methyl sites for hydroxylation is 1. The zero-order valence-corrected chi connectivity index (χ0v) is 20.4. The van der Waals surface area contributed by atoms with E-state index in [1.54, 1.807) is 23.1 Å². The Hall–Kier alpha value is -4.13. The first-order valence-electron chi connectivity index (χ1n) is 12.4. The molecule has 5 rings (SSSR count). The molecule has 0 aliphatic carbocycles. The van der Waals surface area contributed by atoms with Gasteiger partial charge in [0.2, 0.25) is 11.8 Å². The average molecular weight is 483 g/mol. The molecule has 7 heteroatoms. The monoisotopic (exact) mass is 482 g/mol. The molecular formula is C29H30N4O3. The highest BCUT2D eigenvalue weighted by Crippen LogP contribution is 2.29. The number of benzene rings is 3. The van der Waals surface area contributed by atoms with Crippen molar-refractivity contribution in [2.75, 3.05) is 47.8 Å². The molecule has 2 heterocycles. The summed E-state index contributed by atoms with van der Waals surface area (Å²) < 4.78 is 0. The van der Waals surface area contributed by atoms with Gasteiger partial charge in [0.15, 0.2) is 0 Å². The van der Waals surface area contributed by atoms with Gasteiger partial charge in [0.25, 0.3) is 5.91 Å². The summed E-state index contributed by atoms with van der Waals surface area (Å²) in [6, 6.07) is 25.0. The fraction of sp³-hybridized carbons (Fsp3) is 0.276. The van der Waals surface area contributed by atoms with Gasteiger partial charge in [0.05, 0.1) is 17.2 Å². The van der Waals surface area contributed by atoms with Gasteiger partial charge in [-0.05, 0) is 42.8 Å². The lowest BCUT2D eigenvalue weighted by atomic mass is 10.1. The molecule has 1 N–H and O–H groups in total. The molecule has 3 amide bonds. The molecule has 0 radical (unpaired) electrons. The van der Waals surface area contributed by atoms with E-state index in [1.807, 2.05) is 60.4 Å². The van der Waals surface area contributed by atoms with Crippen LogP contribution in [0.1, 0.15) is 22.3 Å². The summed E-state index contributed by atoms with van der Waals surface area (Å²) in [7, 11) is 0. The number of carbonyl (C=O) groups is 3. The maximum absolute atomic E-state index is 13.4. The van der Waals surface area contributed by atoms with Gasteiger partial charge >= 0.3 is 0 Å². The van der Waals surface area contributed by atoms with E-state index < -0.39 is 5.92 Å². The number of rotatable bonds is 5. The second-order valence-corrected chi connectivity index (χ2v) is 9.34.